The first kappa shape index (κ1) is 19.8. The van der Waals surface area contributed by atoms with Gasteiger partial charge < -0.3 is 0 Å². The van der Waals surface area contributed by atoms with Gasteiger partial charge >= 0.3 is 5.51 Å². The lowest BCUT2D eigenvalue weighted by Crippen LogP contribution is -1.98. The van der Waals surface area contributed by atoms with Crippen molar-refractivity contribution in [2.24, 2.45) is 0 Å². The van der Waals surface area contributed by atoms with E-state index < -0.39 is 11.3 Å². The van der Waals surface area contributed by atoms with Gasteiger partial charge in [0.05, 0.1) is 8.95 Å². The molecule has 0 nitrogen and oxygen atoms in total. The summed E-state index contributed by atoms with van der Waals surface area (Å²) < 4.78 is 61.0. The molecule has 0 aromatic heterocycles. The highest BCUT2D eigenvalue weighted by atomic mass is 79.9. The van der Waals surface area contributed by atoms with E-state index in [4.69, 9.17) is 0 Å². The number of hydrogen-bond donors (Lipinski definition) is 1. The molecule has 0 fully saturated rings. The van der Waals surface area contributed by atoms with Crippen LogP contribution in [0.4, 0.5) is 22.0 Å². The minimum absolute atomic E-state index is 0.0294. The predicted molar refractivity (Wildman–Crippen MR) is 87.4 cm³/mol. The predicted octanol–water partition coefficient (Wildman–Crippen LogP) is 7.08. The van der Waals surface area contributed by atoms with Crippen LogP contribution >= 0.6 is 56.3 Å². The van der Waals surface area contributed by atoms with Crippen LogP contribution in [-0.4, -0.2) is 5.51 Å². The summed E-state index contributed by atoms with van der Waals surface area (Å²) in [4.78, 5) is 0.712. The Bertz CT molecular complexity index is 647. The van der Waals surface area contributed by atoms with Crippen molar-refractivity contribution in [3.63, 3.8) is 0 Å². The second-order valence-corrected chi connectivity index (χ2v) is 7.09. The molecule has 0 radical (unpaired) electrons. The molecule has 2 rings (SSSR count). The molecule has 0 saturated carbocycles. The van der Waals surface area contributed by atoms with Crippen molar-refractivity contribution >= 4 is 56.3 Å². The highest BCUT2D eigenvalue weighted by Crippen LogP contribution is 2.37. The number of hydrogen-bond acceptors (Lipinski definition) is 2. The Balaban J connectivity index is 0.000000235. The number of alkyl halides is 3. The van der Waals surface area contributed by atoms with E-state index in [1.54, 1.807) is 12.1 Å². The van der Waals surface area contributed by atoms with Gasteiger partial charge in [-0.1, -0.05) is 0 Å². The molecule has 9 heteroatoms. The molecular weight excluding hydrogens is 475 g/mol. The summed E-state index contributed by atoms with van der Waals surface area (Å²) in [5.41, 5.74) is -4.34. The molecule has 0 aliphatic carbocycles. The van der Waals surface area contributed by atoms with E-state index in [-0.39, 0.29) is 26.9 Å². The van der Waals surface area contributed by atoms with Crippen LogP contribution in [0, 0.1) is 11.6 Å². The highest BCUT2D eigenvalue weighted by Gasteiger charge is 2.29. The average Bonchev–Trinajstić information content (AvgIpc) is 2.38. The molecular formula is C13H7Br2F5S2. The van der Waals surface area contributed by atoms with E-state index in [1.807, 2.05) is 0 Å². The summed E-state index contributed by atoms with van der Waals surface area (Å²) in [5.74, 6) is -0.834. The van der Waals surface area contributed by atoms with Gasteiger partial charge in [-0.15, -0.1) is 12.6 Å². The van der Waals surface area contributed by atoms with Crippen LogP contribution in [-0.2, 0) is 0 Å². The molecule has 0 saturated heterocycles. The molecule has 0 heterocycles. The smallest absolute Gasteiger partial charge is 0.206 e. The third-order valence-corrected chi connectivity index (χ3v) is 4.24. The summed E-state index contributed by atoms with van der Waals surface area (Å²) in [6.07, 6.45) is 0. The molecule has 120 valence electrons. The third-order valence-electron chi connectivity index (χ3n) is 2.03. The van der Waals surface area contributed by atoms with Crippen molar-refractivity contribution in [2.75, 3.05) is 0 Å². The van der Waals surface area contributed by atoms with Gasteiger partial charge in [0.15, 0.2) is 0 Å². The first-order valence-electron chi connectivity index (χ1n) is 5.43. The highest BCUT2D eigenvalue weighted by molar-refractivity contribution is 9.10. The van der Waals surface area contributed by atoms with Crippen molar-refractivity contribution in [3.05, 3.63) is 57.0 Å². The molecule has 22 heavy (non-hydrogen) atoms. The Morgan fingerprint density at radius 1 is 0.864 bits per heavy atom. The quantitative estimate of drug-likeness (QED) is 0.258. The van der Waals surface area contributed by atoms with Gasteiger partial charge in [0.2, 0.25) is 0 Å². The number of rotatable bonds is 1. The fraction of sp³-hybridized carbons (Fsp3) is 0.0769. The van der Waals surface area contributed by atoms with Crippen LogP contribution < -0.4 is 0 Å². The summed E-state index contributed by atoms with van der Waals surface area (Å²) >= 11 is 9.55. The van der Waals surface area contributed by atoms with Crippen LogP contribution in [0.1, 0.15) is 0 Å². The molecule has 2 aromatic rings. The van der Waals surface area contributed by atoms with Gasteiger partial charge in [0.1, 0.15) is 11.6 Å². The largest absolute Gasteiger partial charge is 0.446 e. The van der Waals surface area contributed by atoms with E-state index in [9.17, 15) is 22.0 Å². The molecule has 0 spiro atoms. The van der Waals surface area contributed by atoms with Gasteiger partial charge in [-0.25, -0.2) is 8.78 Å². The lowest BCUT2D eigenvalue weighted by atomic mass is 10.3. The minimum Gasteiger partial charge on any atom is -0.206 e. The van der Waals surface area contributed by atoms with Gasteiger partial charge in [-0.3, -0.25) is 0 Å². The normalized spacial score (nSPS) is 10.9. The van der Waals surface area contributed by atoms with E-state index in [2.05, 4.69) is 44.5 Å². The zero-order valence-corrected chi connectivity index (χ0v) is 15.3. The molecule has 0 amide bonds. The summed E-state index contributed by atoms with van der Waals surface area (Å²) in [7, 11) is 0. The molecule has 0 unspecified atom stereocenters. The molecule has 0 bridgehead atoms. The fourth-order valence-electron chi connectivity index (χ4n) is 1.16. The standard InChI is InChI=1S/C7H3BrF4S.C6H4BrFS/c8-5-3-4(1-2-6(5)9)13-7(10,11)12;7-5-3-4(9)1-2-6(5)8/h1-3H;1-3,9H. The topological polar surface area (TPSA) is 0 Å². The maximum atomic E-state index is 12.6. The second kappa shape index (κ2) is 8.56. The minimum atomic E-state index is -4.34. The number of thioether (sulfide) groups is 1. The Morgan fingerprint density at radius 3 is 1.77 bits per heavy atom. The first-order valence-corrected chi connectivity index (χ1v) is 8.28. The average molecular weight is 482 g/mol. The van der Waals surface area contributed by atoms with Gasteiger partial charge in [-0.2, -0.15) is 13.2 Å². The Hall–Kier alpha value is -0.250. The van der Waals surface area contributed by atoms with Crippen molar-refractivity contribution in [3.8, 4) is 0 Å². The van der Waals surface area contributed by atoms with Crippen molar-refractivity contribution in [1.29, 1.82) is 0 Å². The van der Waals surface area contributed by atoms with Crippen LogP contribution in [0.2, 0.25) is 0 Å². The van der Waals surface area contributed by atoms with Crippen molar-refractivity contribution in [1.82, 2.24) is 0 Å². The second-order valence-electron chi connectivity index (χ2n) is 3.72. The fourth-order valence-corrected chi connectivity index (χ4v) is 3.03. The summed E-state index contributed by atoms with van der Waals surface area (Å²) in [6, 6.07) is 7.73. The van der Waals surface area contributed by atoms with Crippen LogP contribution in [0.25, 0.3) is 0 Å². The third kappa shape index (κ3) is 7.34. The first-order chi connectivity index (χ1) is 10.1. The Labute approximate surface area is 150 Å². The lowest BCUT2D eigenvalue weighted by Gasteiger charge is -2.05. The van der Waals surface area contributed by atoms with Gasteiger partial charge in [0, 0.05) is 9.79 Å². The monoisotopic (exact) mass is 480 g/mol. The van der Waals surface area contributed by atoms with E-state index >= 15 is 0 Å². The SMILES string of the molecule is Fc1ccc(S)cc1Br.Fc1ccc(SC(F)(F)F)cc1Br. The maximum Gasteiger partial charge on any atom is 0.446 e. The van der Waals surface area contributed by atoms with Crippen LogP contribution in [0.15, 0.2) is 55.1 Å². The molecule has 2 aromatic carbocycles. The molecule has 0 aliphatic rings. The summed E-state index contributed by atoms with van der Waals surface area (Å²) in [6.45, 7) is 0. The number of benzene rings is 2. The van der Waals surface area contributed by atoms with E-state index in [0.29, 0.717) is 4.47 Å². The van der Waals surface area contributed by atoms with Gasteiger partial charge in [0.25, 0.3) is 0 Å². The van der Waals surface area contributed by atoms with Crippen LogP contribution in [0.3, 0.4) is 0 Å². The lowest BCUT2D eigenvalue weighted by molar-refractivity contribution is -0.0328. The van der Waals surface area contributed by atoms with Gasteiger partial charge in [-0.05, 0) is 80.0 Å². The maximum absolute atomic E-state index is 12.6. The summed E-state index contributed by atoms with van der Waals surface area (Å²) in [5, 5.41) is 0. The molecule has 0 atom stereocenters. The number of thiol groups is 1. The molecule has 0 aliphatic heterocycles. The Morgan fingerprint density at radius 2 is 1.36 bits per heavy atom. The number of halogens is 7. The van der Waals surface area contributed by atoms with Crippen molar-refractivity contribution < 1.29 is 22.0 Å². The van der Waals surface area contributed by atoms with E-state index in [0.717, 1.165) is 23.1 Å². The molecule has 0 N–H and O–H groups in total. The zero-order valence-electron chi connectivity index (χ0n) is 10.5. The van der Waals surface area contributed by atoms with E-state index in [1.165, 1.54) is 6.07 Å². The van der Waals surface area contributed by atoms with Crippen molar-refractivity contribution in [2.45, 2.75) is 15.3 Å². The Kier molecular flexibility index (Phi) is 7.70. The zero-order chi connectivity index (χ0) is 16.9. The van der Waals surface area contributed by atoms with Crippen LogP contribution in [0.5, 0.6) is 0 Å².